The largest absolute Gasteiger partial charge is 0.453 e. The molecule has 0 spiro atoms. The van der Waals surface area contributed by atoms with Crippen molar-refractivity contribution in [2.24, 2.45) is 10.3 Å². The van der Waals surface area contributed by atoms with Crippen LogP contribution in [0.1, 0.15) is 63.0 Å². The van der Waals surface area contributed by atoms with E-state index in [4.69, 9.17) is 9.47 Å². The van der Waals surface area contributed by atoms with Crippen LogP contribution >= 0.6 is 0 Å². The van der Waals surface area contributed by atoms with Gasteiger partial charge in [0, 0.05) is 18.7 Å². The van der Waals surface area contributed by atoms with Gasteiger partial charge in [-0.1, -0.05) is 74.5 Å². The van der Waals surface area contributed by atoms with Crippen LogP contribution in [0.25, 0.3) is 33.2 Å². The zero-order chi connectivity index (χ0) is 43.7. The van der Waals surface area contributed by atoms with Crippen molar-refractivity contribution in [2.75, 3.05) is 32.6 Å². The van der Waals surface area contributed by atoms with E-state index in [0.717, 1.165) is 46.0 Å². The number of carbonyl (C=O) groups is 4. The minimum Gasteiger partial charge on any atom is -0.453 e. The number of sulfonamides is 1. The molecule has 2 saturated heterocycles. The van der Waals surface area contributed by atoms with Crippen LogP contribution in [0.3, 0.4) is 0 Å². The number of amidine groups is 1. The Bertz CT molecular complexity index is 2680. The van der Waals surface area contributed by atoms with Gasteiger partial charge in [-0.3, -0.25) is 9.59 Å². The number of H-pyrrole nitrogens is 1. The number of aromatic nitrogens is 2. The molecule has 4 atom stereocenters. The molecular formula is C45H48N8O8S. The molecule has 3 aliphatic rings. The maximum atomic E-state index is 14.1. The monoisotopic (exact) mass is 860 g/mol. The molecule has 17 heteroatoms. The fraction of sp³-hybridized carbons (Fsp3) is 0.333. The van der Waals surface area contributed by atoms with Crippen molar-refractivity contribution in [1.29, 1.82) is 0 Å². The predicted molar refractivity (Wildman–Crippen MR) is 233 cm³/mol. The molecule has 4 N–H and O–H groups in total. The van der Waals surface area contributed by atoms with Crippen LogP contribution in [0.4, 0.5) is 15.3 Å². The summed E-state index contributed by atoms with van der Waals surface area (Å²) in [6, 6.07) is 23.3. The zero-order valence-electron chi connectivity index (χ0n) is 34.8. The summed E-state index contributed by atoms with van der Waals surface area (Å²) in [7, 11) is -1.62. The van der Waals surface area contributed by atoms with E-state index in [1.54, 1.807) is 58.5 Å². The first kappa shape index (κ1) is 42.0. The van der Waals surface area contributed by atoms with Crippen LogP contribution in [0.5, 0.6) is 0 Å². The molecule has 1 aromatic heterocycles. The van der Waals surface area contributed by atoms with Crippen LogP contribution in [0.15, 0.2) is 100 Å². The van der Waals surface area contributed by atoms with Gasteiger partial charge >= 0.3 is 12.2 Å². The van der Waals surface area contributed by atoms with E-state index in [1.807, 2.05) is 44.2 Å². The summed E-state index contributed by atoms with van der Waals surface area (Å²) in [6.45, 7) is 4.67. The molecule has 0 radical (unpaired) electrons. The SMILES string of the molecule is COC(=O)NC(C(=O)N1CCCC1C1=NS(=O)(=O)c2ccc(-c3ccc4cc(-c5cnc(C6CCCN6C(=O)C(NC(=O)OC)C(C)C)[nH]5)ccc4c3)cc2N1)c1ccccc1. The van der Waals surface area contributed by atoms with E-state index in [9.17, 15) is 27.6 Å². The number of fused-ring (bicyclic) bond motifs is 2. The first-order valence-electron chi connectivity index (χ1n) is 20.6. The fourth-order valence-electron chi connectivity index (χ4n) is 8.54. The van der Waals surface area contributed by atoms with Crippen LogP contribution in [0, 0.1) is 5.92 Å². The minimum atomic E-state index is -4.11. The van der Waals surface area contributed by atoms with E-state index in [2.05, 4.69) is 36.4 Å². The number of amides is 4. The van der Waals surface area contributed by atoms with Crippen LogP contribution < -0.4 is 16.0 Å². The Labute approximate surface area is 359 Å². The van der Waals surface area contributed by atoms with Crippen molar-refractivity contribution < 1.29 is 37.1 Å². The first-order chi connectivity index (χ1) is 29.8. The second-order valence-electron chi connectivity index (χ2n) is 16.0. The van der Waals surface area contributed by atoms with Gasteiger partial charge in [-0.2, -0.15) is 8.42 Å². The summed E-state index contributed by atoms with van der Waals surface area (Å²) < 4.78 is 40.9. The second kappa shape index (κ2) is 17.3. The average molecular weight is 861 g/mol. The van der Waals surface area contributed by atoms with Crippen molar-refractivity contribution in [3.63, 3.8) is 0 Å². The highest BCUT2D eigenvalue weighted by molar-refractivity contribution is 7.90. The van der Waals surface area contributed by atoms with Crippen LogP contribution in [-0.4, -0.2) is 97.4 Å². The lowest BCUT2D eigenvalue weighted by molar-refractivity contribution is -0.135. The molecule has 2 fully saturated rings. The van der Waals surface area contributed by atoms with Crippen LogP contribution in [-0.2, 0) is 29.1 Å². The smallest absolute Gasteiger partial charge is 0.407 e. The van der Waals surface area contributed by atoms with Crippen molar-refractivity contribution >= 4 is 56.3 Å². The predicted octanol–water partition coefficient (Wildman–Crippen LogP) is 6.54. The minimum absolute atomic E-state index is 0.0300. The molecule has 0 bridgehead atoms. The molecule has 322 valence electrons. The van der Waals surface area contributed by atoms with Gasteiger partial charge in [0.25, 0.3) is 15.9 Å². The van der Waals surface area contributed by atoms with Crippen molar-refractivity contribution in [1.82, 2.24) is 30.4 Å². The summed E-state index contributed by atoms with van der Waals surface area (Å²) in [6.07, 6.45) is 2.99. The van der Waals surface area contributed by atoms with E-state index in [0.29, 0.717) is 43.0 Å². The van der Waals surface area contributed by atoms with Crippen molar-refractivity contribution in [3.05, 3.63) is 103 Å². The summed E-state index contributed by atoms with van der Waals surface area (Å²) in [5, 5.41) is 10.5. The number of rotatable bonds is 10. The van der Waals surface area contributed by atoms with E-state index < -0.39 is 46.2 Å². The highest BCUT2D eigenvalue weighted by Gasteiger charge is 2.41. The molecular weight excluding hydrogens is 813 g/mol. The second-order valence-corrected chi connectivity index (χ2v) is 17.5. The van der Waals surface area contributed by atoms with Gasteiger partial charge in [-0.15, -0.1) is 4.40 Å². The number of benzene rings is 4. The number of nitrogens with one attached hydrogen (secondary N) is 4. The lowest BCUT2D eigenvalue weighted by atomic mass is 9.99. The maximum absolute atomic E-state index is 14.1. The number of hydrogen-bond donors (Lipinski definition) is 4. The first-order valence-corrected chi connectivity index (χ1v) is 22.0. The number of aromatic amines is 1. The molecule has 0 aliphatic carbocycles. The van der Waals surface area contributed by atoms with Crippen molar-refractivity contribution in [2.45, 2.75) is 68.6 Å². The molecule has 4 heterocycles. The molecule has 8 rings (SSSR count). The molecule has 62 heavy (non-hydrogen) atoms. The number of hydrogen-bond acceptors (Lipinski definition) is 10. The van der Waals surface area contributed by atoms with Gasteiger partial charge in [0.15, 0.2) is 0 Å². The molecule has 4 aromatic carbocycles. The topological polar surface area (TPSA) is 204 Å². The molecule has 5 aromatic rings. The number of imidazole rings is 1. The van der Waals surface area contributed by atoms with E-state index in [1.165, 1.54) is 20.3 Å². The number of likely N-dealkylation sites (tertiary alicyclic amines) is 2. The number of ether oxygens (including phenoxy) is 2. The summed E-state index contributed by atoms with van der Waals surface area (Å²) >= 11 is 0. The summed E-state index contributed by atoms with van der Waals surface area (Å²) in [5.74, 6) is 0.101. The van der Waals surface area contributed by atoms with Crippen LogP contribution in [0.2, 0.25) is 0 Å². The Morgan fingerprint density at radius 1 is 0.758 bits per heavy atom. The third-order valence-electron chi connectivity index (χ3n) is 11.7. The third kappa shape index (κ3) is 8.31. The normalized spacial score (nSPS) is 19.0. The number of alkyl carbamates (subject to hydrolysis) is 2. The van der Waals surface area contributed by atoms with E-state index >= 15 is 0 Å². The van der Waals surface area contributed by atoms with Gasteiger partial charge in [0.1, 0.15) is 28.6 Å². The number of carbonyl (C=O) groups excluding carboxylic acids is 4. The maximum Gasteiger partial charge on any atom is 0.407 e. The van der Waals surface area contributed by atoms with Crippen molar-refractivity contribution in [3.8, 4) is 22.4 Å². The lowest BCUT2D eigenvalue weighted by Crippen LogP contribution is -2.51. The molecule has 4 amide bonds. The standard InChI is InChI=1S/C45H48N8O8S/c1-26(2)38(49-44(56)60-3)42(54)52-20-8-12-35(52)40-46-25-34(48-40)32-17-16-28-22-29(14-15-30(28)23-32)31-18-19-37-33(24-31)47-41(51-62(37,58)59)36-13-9-21-53(36)43(55)39(50-45(57)61-4)27-10-6-5-7-11-27/h5-7,10-11,14-19,22-26,35-36,38-39H,8-9,12-13,20-21H2,1-4H3,(H,46,48)(H,47,51)(H,49,56)(H,50,57). The molecule has 4 unspecified atom stereocenters. The molecule has 0 saturated carbocycles. The van der Waals surface area contributed by atoms with Gasteiger partial charge in [-0.05, 0) is 83.3 Å². The third-order valence-corrected chi connectivity index (χ3v) is 13.1. The Balaban J connectivity index is 1.00. The average Bonchev–Trinajstić information content (AvgIpc) is 4.08. The van der Waals surface area contributed by atoms with Gasteiger partial charge < -0.3 is 40.2 Å². The Morgan fingerprint density at radius 3 is 2.06 bits per heavy atom. The summed E-state index contributed by atoms with van der Waals surface area (Å²) in [5.41, 5.74) is 4.27. The van der Waals surface area contributed by atoms with Gasteiger partial charge in [0.2, 0.25) is 5.91 Å². The highest BCUT2D eigenvalue weighted by atomic mass is 32.2. The van der Waals surface area contributed by atoms with Gasteiger partial charge in [-0.25, -0.2) is 14.6 Å². The van der Waals surface area contributed by atoms with Gasteiger partial charge in [0.05, 0.1) is 43.9 Å². The molecule has 3 aliphatic heterocycles. The quantitative estimate of drug-likeness (QED) is 0.119. The number of anilines is 1. The number of nitrogens with zero attached hydrogens (tertiary/aromatic N) is 4. The summed E-state index contributed by atoms with van der Waals surface area (Å²) in [4.78, 5) is 63.5. The molecule has 16 nitrogen and oxygen atoms in total. The fourth-order valence-corrected chi connectivity index (χ4v) is 9.70. The highest BCUT2D eigenvalue weighted by Crippen LogP contribution is 2.37. The Morgan fingerprint density at radius 2 is 1.37 bits per heavy atom. The van der Waals surface area contributed by atoms with E-state index in [-0.39, 0.29) is 28.6 Å². The lowest BCUT2D eigenvalue weighted by Gasteiger charge is -2.31. The Kier molecular flexibility index (Phi) is 11.7. The zero-order valence-corrected chi connectivity index (χ0v) is 35.6. The Hall–Kier alpha value is -6.75. The number of methoxy groups -OCH3 is 2.